The molecule has 2 amide bonds. The Morgan fingerprint density at radius 3 is 2.07 bits per heavy atom. The Morgan fingerprint density at radius 2 is 1.49 bits per heavy atom. The van der Waals surface area contributed by atoms with Gasteiger partial charge in [-0.05, 0) is 67.9 Å². The van der Waals surface area contributed by atoms with Crippen molar-refractivity contribution in [3.63, 3.8) is 0 Å². The van der Waals surface area contributed by atoms with Crippen molar-refractivity contribution in [2.75, 3.05) is 24.5 Å². The zero-order valence-electron chi connectivity index (χ0n) is 25.2. The van der Waals surface area contributed by atoms with E-state index in [0.717, 1.165) is 15.4 Å². The Bertz CT molecular complexity index is 1700. The maximum Gasteiger partial charge on any atom is 0.264 e. The maximum absolute atomic E-state index is 14.4. The quantitative estimate of drug-likeness (QED) is 0.181. The molecule has 0 aliphatic rings. The molecule has 4 rings (SSSR count). The van der Waals surface area contributed by atoms with Crippen molar-refractivity contribution in [2.45, 2.75) is 37.8 Å². The summed E-state index contributed by atoms with van der Waals surface area (Å²) in [5.74, 6) is -0.524. The number of halogens is 2. The van der Waals surface area contributed by atoms with E-state index >= 15 is 0 Å². The van der Waals surface area contributed by atoms with Gasteiger partial charge in [0.05, 0.1) is 17.2 Å². The molecule has 0 spiro atoms. The number of likely N-dealkylation sites (N-methyl/N-ethyl adjacent to an activating group) is 1. The number of ether oxygens (including phenoxy) is 1. The highest BCUT2D eigenvalue weighted by Gasteiger charge is 2.35. The van der Waals surface area contributed by atoms with E-state index in [0.29, 0.717) is 28.0 Å². The second-order valence-electron chi connectivity index (χ2n) is 10.3. The van der Waals surface area contributed by atoms with E-state index in [2.05, 4.69) is 5.32 Å². The first-order valence-electron chi connectivity index (χ1n) is 14.3. The molecular formula is C34H35Cl2N3O5S. The topological polar surface area (TPSA) is 96.0 Å². The van der Waals surface area contributed by atoms with Gasteiger partial charge in [0, 0.05) is 35.6 Å². The monoisotopic (exact) mass is 667 g/mol. The number of nitrogens with zero attached hydrogens (tertiary/aromatic N) is 2. The van der Waals surface area contributed by atoms with Gasteiger partial charge >= 0.3 is 0 Å². The van der Waals surface area contributed by atoms with Crippen molar-refractivity contribution >= 4 is 50.7 Å². The average molecular weight is 669 g/mol. The van der Waals surface area contributed by atoms with Gasteiger partial charge in [-0.15, -0.1) is 0 Å². The summed E-state index contributed by atoms with van der Waals surface area (Å²) >= 11 is 13.0. The molecule has 4 aromatic carbocycles. The van der Waals surface area contributed by atoms with Crippen molar-refractivity contribution in [2.24, 2.45) is 0 Å². The molecule has 8 nitrogen and oxygen atoms in total. The molecule has 0 heterocycles. The van der Waals surface area contributed by atoms with Gasteiger partial charge in [-0.2, -0.15) is 0 Å². The Balaban J connectivity index is 1.80. The van der Waals surface area contributed by atoms with E-state index in [9.17, 15) is 18.0 Å². The van der Waals surface area contributed by atoms with Crippen molar-refractivity contribution in [3.8, 4) is 5.75 Å². The third kappa shape index (κ3) is 8.36. The summed E-state index contributed by atoms with van der Waals surface area (Å²) < 4.78 is 34.8. The van der Waals surface area contributed by atoms with Crippen LogP contribution in [0.3, 0.4) is 0 Å². The molecule has 45 heavy (non-hydrogen) atoms. The lowest BCUT2D eigenvalue weighted by Gasteiger charge is -2.34. The van der Waals surface area contributed by atoms with E-state index in [1.165, 1.54) is 24.1 Å². The third-order valence-corrected chi connectivity index (χ3v) is 9.73. The number of sulfonamides is 1. The summed E-state index contributed by atoms with van der Waals surface area (Å²) in [4.78, 5) is 29.1. The van der Waals surface area contributed by atoms with Crippen LogP contribution in [0.5, 0.6) is 5.75 Å². The fraction of sp³-hybridized carbons (Fsp3) is 0.235. The molecule has 0 saturated heterocycles. The van der Waals surface area contributed by atoms with E-state index in [-0.39, 0.29) is 23.5 Å². The molecule has 0 radical (unpaired) electrons. The van der Waals surface area contributed by atoms with Crippen LogP contribution in [-0.2, 0) is 32.6 Å². The van der Waals surface area contributed by atoms with E-state index < -0.39 is 34.4 Å². The number of carbonyl (C=O) groups excluding carboxylic acids is 2. The summed E-state index contributed by atoms with van der Waals surface area (Å²) in [5, 5.41) is 3.28. The number of hydrogen-bond acceptors (Lipinski definition) is 5. The molecule has 0 aliphatic carbocycles. The van der Waals surface area contributed by atoms with Crippen LogP contribution >= 0.6 is 23.2 Å². The first-order chi connectivity index (χ1) is 21.5. The first-order valence-corrected chi connectivity index (χ1v) is 16.5. The summed E-state index contributed by atoms with van der Waals surface area (Å²) in [6, 6.07) is 26.1. The second kappa shape index (κ2) is 15.3. The smallest absolute Gasteiger partial charge is 0.264 e. The lowest BCUT2D eigenvalue weighted by Crippen LogP contribution is -2.53. The number of benzene rings is 4. The van der Waals surface area contributed by atoms with Gasteiger partial charge in [-0.1, -0.05) is 77.3 Å². The number of aryl methyl sites for hydroxylation is 1. The molecule has 1 N–H and O–H groups in total. The van der Waals surface area contributed by atoms with Crippen LogP contribution < -0.4 is 14.4 Å². The van der Waals surface area contributed by atoms with E-state index in [1.54, 1.807) is 54.6 Å². The van der Waals surface area contributed by atoms with E-state index in [4.69, 9.17) is 27.9 Å². The summed E-state index contributed by atoms with van der Waals surface area (Å²) in [5.41, 5.74) is 2.46. The summed E-state index contributed by atoms with van der Waals surface area (Å²) in [6.45, 7) is 3.42. The van der Waals surface area contributed by atoms with Crippen molar-refractivity contribution in [1.82, 2.24) is 10.2 Å². The number of rotatable bonds is 13. The fourth-order valence-electron chi connectivity index (χ4n) is 4.82. The van der Waals surface area contributed by atoms with Gasteiger partial charge in [0.15, 0.2) is 0 Å². The number of hydrogen-bond donors (Lipinski definition) is 1. The highest BCUT2D eigenvalue weighted by molar-refractivity contribution is 7.92. The minimum atomic E-state index is -4.25. The van der Waals surface area contributed by atoms with Crippen LogP contribution in [-0.4, -0.2) is 51.4 Å². The molecule has 1 unspecified atom stereocenters. The van der Waals surface area contributed by atoms with Gasteiger partial charge in [0.2, 0.25) is 11.8 Å². The molecule has 0 saturated carbocycles. The SMILES string of the molecule is CCOc1ccc(S(=O)(=O)N(CC(=O)N(Cc2c(Cl)cccc2Cl)C(Cc2ccccc2)C(=O)NC)c2ccc(C)cc2)cc1. The Morgan fingerprint density at radius 1 is 0.867 bits per heavy atom. The molecule has 4 aromatic rings. The third-order valence-electron chi connectivity index (χ3n) is 7.23. The predicted octanol–water partition coefficient (Wildman–Crippen LogP) is 6.28. The van der Waals surface area contributed by atoms with Crippen LogP contribution in [0, 0.1) is 6.92 Å². The minimum absolute atomic E-state index is 0.0211. The first kappa shape index (κ1) is 33.8. The predicted molar refractivity (Wildman–Crippen MR) is 178 cm³/mol. The molecule has 11 heteroatoms. The lowest BCUT2D eigenvalue weighted by molar-refractivity contribution is -0.139. The van der Waals surface area contributed by atoms with Gasteiger partial charge in [0.1, 0.15) is 18.3 Å². The standard InChI is InChI=1S/C34H35Cl2N3O5S/c1-4-44-27-17-19-28(20-18-27)45(42,43)39(26-15-13-24(2)14-16-26)23-33(40)38(22-29-30(35)11-8-12-31(29)36)32(34(41)37-3)21-25-9-6-5-7-10-25/h5-20,32H,4,21-23H2,1-3H3,(H,37,41). The molecule has 0 aliphatic heterocycles. The Kier molecular flexibility index (Phi) is 11.5. The molecule has 0 fully saturated rings. The minimum Gasteiger partial charge on any atom is -0.494 e. The second-order valence-corrected chi connectivity index (χ2v) is 13.0. The van der Waals surface area contributed by atoms with Crippen LogP contribution in [0.25, 0.3) is 0 Å². The van der Waals surface area contributed by atoms with Crippen LogP contribution in [0.4, 0.5) is 5.69 Å². The van der Waals surface area contributed by atoms with Crippen molar-refractivity contribution < 1.29 is 22.7 Å². The van der Waals surface area contributed by atoms with E-state index in [1.807, 2.05) is 44.2 Å². The van der Waals surface area contributed by atoms with Crippen molar-refractivity contribution in [1.29, 1.82) is 0 Å². The number of nitrogens with one attached hydrogen (secondary N) is 1. The van der Waals surface area contributed by atoms with Crippen LogP contribution in [0.1, 0.15) is 23.6 Å². The van der Waals surface area contributed by atoms with Gasteiger partial charge in [0.25, 0.3) is 10.0 Å². The molecular weight excluding hydrogens is 633 g/mol. The Labute approximate surface area is 274 Å². The largest absolute Gasteiger partial charge is 0.494 e. The number of anilines is 1. The zero-order valence-corrected chi connectivity index (χ0v) is 27.6. The average Bonchev–Trinajstić information content (AvgIpc) is 3.03. The lowest BCUT2D eigenvalue weighted by atomic mass is 10.0. The molecule has 236 valence electrons. The Hall–Kier alpha value is -4.05. The summed E-state index contributed by atoms with van der Waals surface area (Å²) in [6.07, 6.45) is 0.171. The molecule has 0 aromatic heterocycles. The van der Waals surface area contributed by atoms with Gasteiger partial charge in [-0.3, -0.25) is 13.9 Å². The maximum atomic E-state index is 14.4. The van der Waals surface area contributed by atoms with Gasteiger partial charge < -0.3 is 15.0 Å². The molecule has 0 bridgehead atoms. The van der Waals surface area contributed by atoms with Crippen LogP contribution in [0.2, 0.25) is 10.0 Å². The number of amides is 2. The normalized spacial score (nSPS) is 11.8. The summed E-state index contributed by atoms with van der Waals surface area (Å²) in [7, 11) is -2.76. The zero-order chi connectivity index (χ0) is 32.6. The van der Waals surface area contributed by atoms with Crippen molar-refractivity contribution in [3.05, 3.63) is 124 Å². The highest BCUT2D eigenvalue weighted by Crippen LogP contribution is 2.29. The molecule has 1 atom stereocenters. The fourth-order valence-corrected chi connectivity index (χ4v) is 6.75. The highest BCUT2D eigenvalue weighted by atomic mass is 35.5. The van der Waals surface area contributed by atoms with Gasteiger partial charge in [-0.25, -0.2) is 8.42 Å². The number of carbonyl (C=O) groups is 2. The van der Waals surface area contributed by atoms with Crippen LogP contribution in [0.15, 0.2) is 102 Å².